The third-order valence-electron chi connectivity index (χ3n) is 3.93. The molecule has 0 saturated carbocycles. The number of benzene rings is 1. The first-order chi connectivity index (χ1) is 10.6. The molecular formula is C16H23N3O3. The van der Waals surface area contributed by atoms with E-state index in [0.29, 0.717) is 12.1 Å². The van der Waals surface area contributed by atoms with Gasteiger partial charge < -0.3 is 20.7 Å². The molecule has 1 aliphatic heterocycles. The van der Waals surface area contributed by atoms with Crippen LogP contribution in [0.1, 0.15) is 35.7 Å². The minimum absolute atomic E-state index is 0.194. The number of nitrogens with zero attached hydrogens (tertiary/aromatic N) is 1. The Kier molecular flexibility index (Phi) is 5.77. The van der Waals surface area contributed by atoms with Crippen LogP contribution in [0.2, 0.25) is 0 Å². The molecule has 1 fully saturated rings. The predicted molar refractivity (Wildman–Crippen MR) is 83.4 cm³/mol. The van der Waals surface area contributed by atoms with Crippen molar-refractivity contribution in [3.05, 3.63) is 35.4 Å². The molecular weight excluding hydrogens is 282 g/mol. The van der Waals surface area contributed by atoms with E-state index in [-0.39, 0.29) is 18.7 Å². The second-order valence-electron chi connectivity index (χ2n) is 5.38. The van der Waals surface area contributed by atoms with Gasteiger partial charge in [0.15, 0.2) is 0 Å². The molecule has 1 aromatic rings. The molecule has 6 nitrogen and oxygen atoms in total. The van der Waals surface area contributed by atoms with Crippen LogP contribution in [-0.2, 0) is 11.3 Å². The number of amides is 2. The number of carbonyl (C=O) groups is 2. The van der Waals surface area contributed by atoms with Gasteiger partial charge >= 0.3 is 6.09 Å². The highest BCUT2D eigenvalue weighted by Gasteiger charge is 2.24. The summed E-state index contributed by atoms with van der Waals surface area (Å²) in [4.78, 5) is 25.0. The van der Waals surface area contributed by atoms with Gasteiger partial charge in [-0.15, -0.1) is 0 Å². The Morgan fingerprint density at radius 2 is 1.91 bits per heavy atom. The largest absolute Gasteiger partial charge is 0.445 e. The average Bonchev–Trinajstić information content (AvgIpc) is 2.55. The lowest BCUT2D eigenvalue weighted by atomic mass is 10.1. The van der Waals surface area contributed by atoms with Crippen molar-refractivity contribution in [1.29, 1.82) is 0 Å². The van der Waals surface area contributed by atoms with Gasteiger partial charge in [0.25, 0.3) is 0 Å². The number of primary amides is 1. The van der Waals surface area contributed by atoms with E-state index in [1.807, 2.05) is 6.92 Å². The van der Waals surface area contributed by atoms with E-state index in [1.165, 1.54) is 0 Å². The third kappa shape index (κ3) is 4.21. The Morgan fingerprint density at radius 1 is 1.27 bits per heavy atom. The van der Waals surface area contributed by atoms with E-state index in [9.17, 15) is 9.59 Å². The van der Waals surface area contributed by atoms with E-state index in [2.05, 4.69) is 5.32 Å². The Bertz CT molecular complexity index is 510. The number of piperidine rings is 1. The number of nitrogens with one attached hydrogen (secondary N) is 1. The Labute approximate surface area is 130 Å². The molecule has 0 radical (unpaired) electrons. The molecule has 1 heterocycles. The quantitative estimate of drug-likeness (QED) is 0.863. The summed E-state index contributed by atoms with van der Waals surface area (Å²) in [6.45, 7) is 4.67. The minimum atomic E-state index is -0.466. The molecule has 6 heteroatoms. The van der Waals surface area contributed by atoms with Crippen LogP contribution in [0.15, 0.2) is 24.3 Å². The van der Waals surface area contributed by atoms with Crippen molar-refractivity contribution in [3.63, 3.8) is 0 Å². The Hall–Kier alpha value is -2.08. The minimum Gasteiger partial charge on any atom is -0.445 e. The van der Waals surface area contributed by atoms with Gasteiger partial charge in [-0.1, -0.05) is 12.1 Å². The van der Waals surface area contributed by atoms with Gasteiger partial charge in [-0.3, -0.25) is 4.79 Å². The zero-order valence-corrected chi connectivity index (χ0v) is 12.9. The molecule has 1 aromatic carbocycles. The fourth-order valence-electron chi connectivity index (χ4n) is 2.65. The molecule has 0 unspecified atom stereocenters. The molecule has 2 amide bonds. The lowest BCUT2D eigenvalue weighted by Gasteiger charge is -2.33. The van der Waals surface area contributed by atoms with Crippen LogP contribution in [0, 0.1) is 0 Å². The van der Waals surface area contributed by atoms with E-state index >= 15 is 0 Å². The van der Waals surface area contributed by atoms with Crippen LogP contribution in [0.3, 0.4) is 0 Å². The first-order valence-corrected chi connectivity index (χ1v) is 7.64. The molecule has 0 atom stereocenters. The molecule has 0 spiro atoms. The number of hydrogen-bond acceptors (Lipinski definition) is 4. The highest BCUT2D eigenvalue weighted by atomic mass is 16.6. The smallest absolute Gasteiger partial charge is 0.410 e. The van der Waals surface area contributed by atoms with Crippen LogP contribution in [0.5, 0.6) is 0 Å². The summed E-state index contributed by atoms with van der Waals surface area (Å²) in [7, 11) is 0. The van der Waals surface area contributed by atoms with Gasteiger partial charge in [0, 0.05) is 18.2 Å². The number of rotatable bonds is 5. The number of nitrogens with two attached hydrogens (primary N) is 1. The van der Waals surface area contributed by atoms with Crippen molar-refractivity contribution >= 4 is 12.0 Å². The molecule has 1 aliphatic rings. The second kappa shape index (κ2) is 7.79. The van der Waals surface area contributed by atoms with Crippen molar-refractivity contribution in [2.24, 2.45) is 5.73 Å². The van der Waals surface area contributed by atoms with Gasteiger partial charge in [-0.2, -0.15) is 0 Å². The first-order valence-electron chi connectivity index (χ1n) is 7.64. The van der Waals surface area contributed by atoms with Crippen LogP contribution >= 0.6 is 0 Å². The maximum Gasteiger partial charge on any atom is 0.410 e. The number of hydrogen-bond donors (Lipinski definition) is 2. The summed E-state index contributed by atoms with van der Waals surface area (Å²) in [5.41, 5.74) is 6.47. The van der Waals surface area contributed by atoms with Gasteiger partial charge in [0.1, 0.15) is 6.61 Å². The van der Waals surface area contributed by atoms with Crippen molar-refractivity contribution in [2.45, 2.75) is 32.4 Å². The molecule has 3 N–H and O–H groups in total. The molecule has 0 aromatic heterocycles. The summed E-state index contributed by atoms with van der Waals surface area (Å²) in [5, 5.41) is 3.29. The molecule has 1 saturated heterocycles. The molecule has 22 heavy (non-hydrogen) atoms. The van der Waals surface area contributed by atoms with Crippen molar-refractivity contribution in [3.8, 4) is 0 Å². The highest BCUT2D eigenvalue weighted by molar-refractivity contribution is 5.92. The Morgan fingerprint density at radius 3 is 2.45 bits per heavy atom. The van der Waals surface area contributed by atoms with Crippen molar-refractivity contribution in [1.82, 2.24) is 10.2 Å². The van der Waals surface area contributed by atoms with Gasteiger partial charge in [-0.05, 0) is 50.6 Å². The number of ether oxygens (including phenoxy) is 1. The van der Waals surface area contributed by atoms with Gasteiger partial charge in [0.05, 0.1) is 0 Å². The van der Waals surface area contributed by atoms with Crippen LogP contribution in [-0.4, -0.2) is 42.6 Å². The summed E-state index contributed by atoms with van der Waals surface area (Å²) in [6, 6.07) is 7.00. The normalized spacial score (nSPS) is 15.3. The maximum atomic E-state index is 12.2. The first kappa shape index (κ1) is 16.3. The predicted octanol–water partition coefficient (Wildman–Crippen LogP) is 1.50. The van der Waals surface area contributed by atoms with E-state index < -0.39 is 5.91 Å². The maximum absolute atomic E-state index is 12.2. The van der Waals surface area contributed by atoms with E-state index in [0.717, 1.165) is 31.5 Å². The van der Waals surface area contributed by atoms with Crippen LogP contribution in [0.25, 0.3) is 0 Å². The summed E-state index contributed by atoms with van der Waals surface area (Å²) in [5.74, 6) is -0.466. The van der Waals surface area contributed by atoms with E-state index in [1.54, 1.807) is 29.2 Å². The summed E-state index contributed by atoms with van der Waals surface area (Å²) in [6.07, 6.45) is 1.63. The lowest BCUT2D eigenvalue weighted by Crippen LogP contribution is -2.46. The standard InChI is InChI=1S/C16H23N3O3/c1-2-19(14-7-9-18-10-8-14)16(21)22-11-12-3-5-13(6-4-12)15(17)20/h3-6,14,18H,2,7-11H2,1H3,(H2,17,20). The topological polar surface area (TPSA) is 84.7 Å². The van der Waals surface area contributed by atoms with Crippen molar-refractivity contribution in [2.75, 3.05) is 19.6 Å². The summed E-state index contributed by atoms with van der Waals surface area (Å²) >= 11 is 0. The SMILES string of the molecule is CCN(C(=O)OCc1ccc(C(N)=O)cc1)C1CCNCC1. The molecule has 0 bridgehead atoms. The van der Waals surface area contributed by atoms with E-state index in [4.69, 9.17) is 10.5 Å². The zero-order chi connectivity index (χ0) is 15.9. The monoisotopic (exact) mass is 305 g/mol. The third-order valence-corrected chi connectivity index (χ3v) is 3.93. The average molecular weight is 305 g/mol. The van der Waals surface area contributed by atoms with Gasteiger partial charge in [0.2, 0.25) is 5.91 Å². The van der Waals surface area contributed by atoms with Crippen molar-refractivity contribution < 1.29 is 14.3 Å². The molecule has 120 valence electrons. The van der Waals surface area contributed by atoms with Crippen LogP contribution < -0.4 is 11.1 Å². The molecule has 0 aliphatic carbocycles. The molecule has 2 rings (SSSR count). The summed E-state index contributed by atoms with van der Waals surface area (Å²) < 4.78 is 5.39. The fraction of sp³-hybridized carbons (Fsp3) is 0.500. The highest BCUT2D eigenvalue weighted by Crippen LogP contribution is 2.14. The lowest BCUT2D eigenvalue weighted by molar-refractivity contribution is 0.0758. The second-order valence-corrected chi connectivity index (χ2v) is 5.38. The zero-order valence-electron chi connectivity index (χ0n) is 12.9. The number of carbonyl (C=O) groups excluding carboxylic acids is 2. The Balaban J connectivity index is 1.88. The van der Waals surface area contributed by atoms with Gasteiger partial charge in [-0.25, -0.2) is 4.79 Å². The van der Waals surface area contributed by atoms with Crippen LogP contribution in [0.4, 0.5) is 4.79 Å². The fourth-order valence-corrected chi connectivity index (χ4v) is 2.65.